The average Bonchev–Trinajstić information content (AvgIpc) is 2.84. The molecule has 1 aromatic carbocycles. The van der Waals surface area contributed by atoms with E-state index < -0.39 is 11.7 Å². The van der Waals surface area contributed by atoms with E-state index in [1.165, 1.54) is 12.1 Å². The number of alkyl halides is 3. The van der Waals surface area contributed by atoms with Crippen molar-refractivity contribution in [3.05, 3.63) is 35.5 Å². The van der Waals surface area contributed by atoms with E-state index >= 15 is 0 Å². The summed E-state index contributed by atoms with van der Waals surface area (Å²) < 4.78 is 40.0. The molecule has 0 spiro atoms. The molecular weight excluding hydrogens is 241 g/mol. The molecule has 3 rings (SSSR count). The van der Waals surface area contributed by atoms with Crippen molar-refractivity contribution in [3.8, 4) is 0 Å². The largest absolute Gasteiger partial charge is 0.416 e. The summed E-state index contributed by atoms with van der Waals surface area (Å²) in [7, 11) is 0. The highest BCUT2D eigenvalue weighted by Gasteiger charge is 2.31. The van der Waals surface area contributed by atoms with Gasteiger partial charge in [-0.25, -0.2) is 0 Å². The maximum atomic E-state index is 12.7. The van der Waals surface area contributed by atoms with Crippen LogP contribution in [0, 0.1) is 0 Å². The Bertz CT molecular complexity index is 598. The van der Waals surface area contributed by atoms with E-state index in [9.17, 15) is 13.2 Å². The number of benzene rings is 1. The second-order valence-corrected chi connectivity index (χ2v) is 4.71. The van der Waals surface area contributed by atoms with Crippen LogP contribution in [0.3, 0.4) is 0 Å². The number of hydrogen-bond donors (Lipinski definition) is 1. The van der Waals surface area contributed by atoms with Gasteiger partial charge in [0.1, 0.15) is 0 Å². The van der Waals surface area contributed by atoms with Gasteiger partial charge in [-0.05, 0) is 30.0 Å². The van der Waals surface area contributed by atoms with Gasteiger partial charge in [0, 0.05) is 30.2 Å². The third kappa shape index (κ3) is 1.61. The third-order valence-corrected chi connectivity index (χ3v) is 3.67. The summed E-state index contributed by atoms with van der Waals surface area (Å²) in [5.74, 6) is 0.270. The monoisotopic (exact) mass is 254 g/mol. The molecule has 0 radical (unpaired) electrons. The molecule has 1 aliphatic rings. The van der Waals surface area contributed by atoms with Crippen LogP contribution < -0.4 is 5.73 Å². The summed E-state index contributed by atoms with van der Waals surface area (Å²) in [6.45, 7) is 1.30. The summed E-state index contributed by atoms with van der Waals surface area (Å²) in [6.07, 6.45) is -3.37. The smallest absolute Gasteiger partial charge is 0.344 e. The van der Waals surface area contributed by atoms with E-state index in [-0.39, 0.29) is 5.92 Å². The van der Waals surface area contributed by atoms with Crippen molar-refractivity contribution in [2.75, 3.05) is 6.54 Å². The number of nitrogens with zero attached hydrogens (tertiary/aromatic N) is 1. The van der Waals surface area contributed by atoms with Crippen LogP contribution >= 0.6 is 0 Å². The average molecular weight is 254 g/mol. The van der Waals surface area contributed by atoms with Crippen molar-refractivity contribution < 1.29 is 13.2 Å². The Hall–Kier alpha value is -1.49. The fraction of sp³-hybridized carbons (Fsp3) is 0.385. The van der Waals surface area contributed by atoms with Crippen LogP contribution in [-0.2, 0) is 12.7 Å². The van der Waals surface area contributed by atoms with Crippen LogP contribution in [0.15, 0.2) is 24.3 Å². The quantitative estimate of drug-likeness (QED) is 0.832. The van der Waals surface area contributed by atoms with Crippen LogP contribution in [0.1, 0.15) is 23.6 Å². The van der Waals surface area contributed by atoms with Crippen molar-refractivity contribution in [1.29, 1.82) is 0 Å². The SMILES string of the molecule is NCC1CCn2c1cc1ccc(C(F)(F)F)cc12. The molecule has 96 valence electrons. The number of nitrogens with two attached hydrogens (primary N) is 1. The number of aromatic nitrogens is 1. The number of rotatable bonds is 1. The molecule has 2 heterocycles. The molecule has 0 bridgehead atoms. The molecule has 1 aliphatic heterocycles. The number of halogens is 3. The highest BCUT2D eigenvalue weighted by Crippen LogP contribution is 2.36. The molecule has 0 aliphatic carbocycles. The van der Waals surface area contributed by atoms with Crippen LogP contribution in [0.5, 0.6) is 0 Å². The Kier molecular flexibility index (Phi) is 2.41. The Morgan fingerprint density at radius 3 is 2.72 bits per heavy atom. The Morgan fingerprint density at radius 1 is 1.28 bits per heavy atom. The molecule has 1 aromatic heterocycles. The van der Waals surface area contributed by atoms with Gasteiger partial charge in [-0.15, -0.1) is 0 Å². The van der Waals surface area contributed by atoms with Crippen LogP contribution in [0.25, 0.3) is 10.9 Å². The molecule has 1 atom stereocenters. The summed E-state index contributed by atoms with van der Waals surface area (Å²) in [4.78, 5) is 0. The van der Waals surface area contributed by atoms with Gasteiger partial charge in [0.15, 0.2) is 0 Å². The first kappa shape index (κ1) is 11.6. The van der Waals surface area contributed by atoms with E-state index in [4.69, 9.17) is 5.73 Å². The van der Waals surface area contributed by atoms with E-state index in [0.717, 1.165) is 30.1 Å². The molecule has 0 saturated carbocycles. The first-order valence-electron chi connectivity index (χ1n) is 5.91. The fourth-order valence-electron chi connectivity index (χ4n) is 2.71. The first-order chi connectivity index (χ1) is 8.50. The van der Waals surface area contributed by atoms with Gasteiger partial charge < -0.3 is 10.3 Å². The normalized spacial score (nSPS) is 19.4. The van der Waals surface area contributed by atoms with Crippen molar-refractivity contribution in [2.45, 2.75) is 25.1 Å². The van der Waals surface area contributed by atoms with E-state index in [2.05, 4.69) is 0 Å². The molecular formula is C13H13F3N2. The molecule has 1 unspecified atom stereocenters. The van der Waals surface area contributed by atoms with Crippen molar-refractivity contribution in [2.24, 2.45) is 5.73 Å². The molecule has 18 heavy (non-hydrogen) atoms. The minimum absolute atomic E-state index is 0.270. The third-order valence-electron chi connectivity index (χ3n) is 3.67. The van der Waals surface area contributed by atoms with Gasteiger partial charge in [-0.2, -0.15) is 13.2 Å². The predicted molar refractivity (Wildman–Crippen MR) is 63.4 cm³/mol. The van der Waals surface area contributed by atoms with Gasteiger partial charge in [0.2, 0.25) is 0 Å². The first-order valence-corrected chi connectivity index (χ1v) is 5.91. The van der Waals surface area contributed by atoms with Gasteiger partial charge in [-0.3, -0.25) is 0 Å². The lowest BCUT2D eigenvalue weighted by Gasteiger charge is -2.07. The predicted octanol–water partition coefficient (Wildman–Crippen LogP) is 3.11. The Labute approximate surface area is 102 Å². The minimum Gasteiger partial charge on any atom is -0.344 e. The number of aryl methyl sites for hydroxylation is 1. The summed E-state index contributed by atoms with van der Waals surface area (Å²) in [5.41, 5.74) is 6.81. The topological polar surface area (TPSA) is 30.9 Å². The lowest BCUT2D eigenvalue weighted by Crippen LogP contribution is -2.08. The molecule has 2 nitrogen and oxygen atoms in total. The number of fused-ring (bicyclic) bond motifs is 3. The van der Waals surface area contributed by atoms with Crippen molar-refractivity contribution in [1.82, 2.24) is 4.57 Å². The standard InChI is InChI=1S/C13H13F3N2/c14-13(15,16)10-2-1-8-5-11-9(7-17)3-4-18(11)12(8)6-10/h1-2,5-6,9H,3-4,7,17H2. The second-order valence-electron chi connectivity index (χ2n) is 4.71. The molecule has 0 saturated heterocycles. The lowest BCUT2D eigenvalue weighted by molar-refractivity contribution is -0.137. The maximum Gasteiger partial charge on any atom is 0.416 e. The van der Waals surface area contributed by atoms with Gasteiger partial charge >= 0.3 is 6.18 Å². The van der Waals surface area contributed by atoms with Gasteiger partial charge in [-0.1, -0.05) is 6.07 Å². The van der Waals surface area contributed by atoms with E-state index in [1.54, 1.807) is 0 Å². The van der Waals surface area contributed by atoms with E-state index in [0.29, 0.717) is 12.1 Å². The zero-order valence-corrected chi connectivity index (χ0v) is 9.67. The summed E-state index contributed by atoms with van der Waals surface area (Å²) >= 11 is 0. The molecule has 0 amide bonds. The van der Waals surface area contributed by atoms with Crippen LogP contribution in [-0.4, -0.2) is 11.1 Å². The fourth-order valence-corrected chi connectivity index (χ4v) is 2.71. The second kappa shape index (κ2) is 3.75. The highest BCUT2D eigenvalue weighted by molar-refractivity contribution is 5.82. The zero-order chi connectivity index (χ0) is 12.9. The Balaban J connectivity index is 2.18. The number of hydrogen-bond acceptors (Lipinski definition) is 1. The lowest BCUT2D eigenvalue weighted by atomic mass is 10.0. The molecule has 5 heteroatoms. The van der Waals surface area contributed by atoms with Gasteiger partial charge in [0.25, 0.3) is 0 Å². The zero-order valence-electron chi connectivity index (χ0n) is 9.67. The summed E-state index contributed by atoms with van der Waals surface area (Å²) in [6, 6.07) is 5.87. The molecule has 2 N–H and O–H groups in total. The minimum atomic E-state index is -4.29. The van der Waals surface area contributed by atoms with Crippen LogP contribution in [0.2, 0.25) is 0 Å². The van der Waals surface area contributed by atoms with Crippen molar-refractivity contribution >= 4 is 10.9 Å². The Morgan fingerprint density at radius 2 is 2.06 bits per heavy atom. The molecule has 2 aromatic rings. The maximum absolute atomic E-state index is 12.7. The van der Waals surface area contributed by atoms with Gasteiger partial charge in [0.05, 0.1) is 5.56 Å². The van der Waals surface area contributed by atoms with E-state index in [1.807, 2.05) is 10.6 Å². The van der Waals surface area contributed by atoms with Crippen LogP contribution in [0.4, 0.5) is 13.2 Å². The molecule has 0 fully saturated rings. The summed E-state index contributed by atoms with van der Waals surface area (Å²) in [5, 5.41) is 0.858. The van der Waals surface area contributed by atoms with Crippen molar-refractivity contribution in [3.63, 3.8) is 0 Å². The highest BCUT2D eigenvalue weighted by atomic mass is 19.4.